The number of nitrogens with zero attached hydrogens (tertiary/aromatic N) is 1. The van der Waals surface area contributed by atoms with E-state index in [9.17, 15) is 21.6 Å². The molecule has 0 amide bonds. The summed E-state index contributed by atoms with van der Waals surface area (Å²) in [6.07, 6.45) is -0.344. The highest BCUT2D eigenvalue weighted by Crippen LogP contribution is 2.24. The maximum atomic E-state index is 12.4. The fourth-order valence-corrected chi connectivity index (χ4v) is 4.01. The molecule has 0 unspecified atom stereocenters. The molecule has 0 aliphatic heterocycles. The minimum Gasteiger partial charge on any atom is -0.468 e. The maximum absolute atomic E-state index is 12.4. The molecule has 0 saturated heterocycles. The minimum absolute atomic E-state index is 0.114. The summed E-state index contributed by atoms with van der Waals surface area (Å²) in [5, 5.41) is 0. The zero-order valence-electron chi connectivity index (χ0n) is 14.6. The van der Waals surface area contributed by atoms with Crippen molar-refractivity contribution < 1.29 is 31.1 Å². The molecular weight excluding hydrogens is 373 g/mol. The average Bonchev–Trinajstić information content (AvgIpc) is 2.54. The van der Waals surface area contributed by atoms with Gasteiger partial charge in [-0.2, -0.15) is 13.2 Å². The first kappa shape index (κ1) is 20.9. The summed E-state index contributed by atoms with van der Waals surface area (Å²) in [6, 6.07) is 2.08. The van der Waals surface area contributed by atoms with Crippen molar-refractivity contribution in [3.63, 3.8) is 0 Å². The van der Waals surface area contributed by atoms with Crippen molar-refractivity contribution >= 4 is 10.0 Å². The van der Waals surface area contributed by atoms with Crippen LogP contribution < -0.4 is 9.46 Å². The summed E-state index contributed by atoms with van der Waals surface area (Å²) in [6.45, 7) is 2.44. The number of alkyl halides is 3. The van der Waals surface area contributed by atoms with Crippen molar-refractivity contribution in [3.05, 3.63) is 18.3 Å². The zero-order valence-corrected chi connectivity index (χ0v) is 15.4. The van der Waals surface area contributed by atoms with Crippen molar-refractivity contribution in [2.75, 3.05) is 6.61 Å². The molecule has 1 fully saturated rings. The Morgan fingerprint density at radius 3 is 2.38 bits per heavy atom. The van der Waals surface area contributed by atoms with E-state index in [1.54, 1.807) is 0 Å². The maximum Gasteiger partial charge on any atom is 0.422 e. The first-order valence-corrected chi connectivity index (χ1v) is 9.87. The van der Waals surface area contributed by atoms with E-state index in [1.807, 2.05) is 13.8 Å². The van der Waals surface area contributed by atoms with Gasteiger partial charge in [-0.15, -0.1) is 0 Å². The lowest BCUT2D eigenvalue weighted by molar-refractivity contribution is -0.154. The van der Waals surface area contributed by atoms with Gasteiger partial charge in [-0.25, -0.2) is 18.1 Å². The van der Waals surface area contributed by atoms with Crippen molar-refractivity contribution in [3.8, 4) is 5.88 Å². The predicted molar refractivity (Wildman–Crippen MR) is 88.4 cm³/mol. The van der Waals surface area contributed by atoms with Gasteiger partial charge in [-0.3, -0.25) is 0 Å². The Morgan fingerprint density at radius 1 is 1.23 bits per heavy atom. The molecule has 2 rings (SSSR count). The van der Waals surface area contributed by atoms with Gasteiger partial charge >= 0.3 is 6.18 Å². The van der Waals surface area contributed by atoms with Crippen LogP contribution in [0.2, 0.25) is 0 Å². The summed E-state index contributed by atoms with van der Waals surface area (Å²) in [7, 11) is -3.79. The number of sulfonamides is 1. The number of ether oxygens (including phenoxy) is 2. The molecule has 26 heavy (non-hydrogen) atoms. The van der Waals surface area contributed by atoms with Crippen molar-refractivity contribution in [2.24, 2.45) is 0 Å². The smallest absolute Gasteiger partial charge is 0.422 e. The van der Waals surface area contributed by atoms with Crippen molar-refractivity contribution in [1.29, 1.82) is 0 Å². The van der Waals surface area contributed by atoms with Crippen LogP contribution in [0.3, 0.4) is 0 Å². The normalized spacial score (nSPS) is 21.8. The van der Waals surface area contributed by atoms with E-state index in [2.05, 4.69) is 14.4 Å². The van der Waals surface area contributed by atoms with Crippen LogP contribution >= 0.6 is 0 Å². The van der Waals surface area contributed by atoms with Gasteiger partial charge in [0, 0.05) is 12.1 Å². The van der Waals surface area contributed by atoms with E-state index in [4.69, 9.17) is 4.74 Å². The van der Waals surface area contributed by atoms with E-state index >= 15 is 0 Å². The highest BCUT2D eigenvalue weighted by molar-refractivity contribution is 7.89. The molecule has 1 aromatic heterocycles. The van der Waals surface area contributed by atoms with Gasteiger partial charge in [-0.05, 0) is 45.6 Å². The van der Waals surface area contributed by atoms with Gasteiger partial charge in [0.05, 0.1) is 18.4 Å². The molecular formula is C16H23F3N2O4S. The number of hydrogen-bond donors (Lipinski definition) is 1. The SMILES string of the molecule is CC(C)OC1CCC(NS(=O)(=O)c2ccc(OCC(F)(F)F)nc2)CC1. The Balaban J connectivity index is 1.90. The molecule has 0 aromatic carbocycles. The van der Waals surface area contributed by atoms with Crippen LogP contribution in [0.25, 0.3) is 0 Å². The summed E-state index contributed by atoms with van der Waals surface area (Å²) in [5.41, 5.74) is 0. The average molecular weight is 396 g/mol. The topological polar surface area (TPSA) is 77.5 Å². The molecule has 1 aliphatic carbocycles. The number of nitrogens with one attached hydrogen (secondary N) is 1. The van der Waals surface area contributed by atoms with E-state index in [1.165, 1.54) is 6.07 Å². The van der Waals surface area contributed by atoms with Crippen LogP contribution in [-0.4, -0.2) is 44.4 Å². The summed E-state index contributed by atoms with van der Waals surface area (Å²) < 4.78 is 73.9. The zero-order chi connectivity index (χ0) is 19.4. The Bertz CT molecular complexity index is 670. The fraction of sp³-hybridized carbons (Fsp3) is 0.688. The largest absolute Gasteiger partial charge is 0.468 e. The quantitative estimate of drug-likeness (QED) is 0.767. The highest BCUT2D eigenvalue weighted by atomic mass is 32.2. The number of rotatable bonds is 7. The van der Waals surface area contributed by atoms with Gasteiger partial charge in [0.15, 0.2) is 6.61 Å². The molecule has 6 nitrogen and oxygen atoms in total. The standard InChI is InChI=1S/C16H23F3N2O4S/c1-11(2)25-13-5-3-12(4-6-13)21-26(22,23)14-7-8-15(20-9-14)24-10-16(17,18)19/h7-9,11-13,21H,3-6,10H2,1-2H3. The molecule has 1 heterocycles. The van der Waals surface area contributed by atoms with Gasteiger partial charge in [0.2, 0.25) is 15.9 Å². The van der Waals surface area contributed by atoms with E-state index in [-0.39, 0.29) is 29.0 Å². The molecule has 1 saturated carbocycles. The van der Waals surface area contributed by atoms with E-state index in [0.29, 0.717) is 12.8 Å². The Kier molecular flexibility index (Phi) is 6.86. The lowest BCUT2D eigenvalue weighted by Crippen LogP contribution is -2.39. The van der Waals surface area contributed by atoms with Crippen LogP contribution in [0.5, 0.6) is 5.88 Å². The number of pyridine rings is 1. The van der Waals surface area contributed by atoms with Gasteiger partial charge in [0.1, 0.15) is 4.90 Å². The molecule has 0 spiro atoms. The third-order valence-corrected chi connectivity index (χ3v) is 5.37. The minimum atomic E-state index is -4.48. The fourth-order valence-electron chi connectivity index (χ4n) is 2.76. The van der Waals surface area contributed by atoms with Crippen LogP contribution in [0.15, 0.2) is 23.2 Å². The van der Waals surface area contributed by atoms with Crippen molar-refractivity contribution in [2.45, 2.75) is 68.9 Å². The second-order valence-corrected chi connectivity index (χ2v) is 8.23. The van der Waals surface area contributed by atoms with E-state index < -0.39 is 22.8 Å². The van der Waals surface area contributed by atoms with Crippen LogP contribution in [0.4, 0.5) is 13.2 Å². The van der Waals surface area contributed by atoms with Gasteiger partial charge in [0.25, 0.3) is 0 Å². The van der Waals surface area contributed by atoms with Crippen LogP contribution in [0, 0.1) is 0 Å². The van der Waals surface area contributed by atoms with E-state index in [0.717, 1.165) is 25.1 Å². The number of aromatic nitrogens is 1. The molecule has 0 bridgehead atoms. The molecule has 1 N–H and O–H groups in total. The second-order valence-electron chi connectivity index (χ2n) is 6.52. The number of halogens is 3. The molecule has 1 aromatic rings. The first-order chi connectivity index (χ1) is 12.0. The Morgan fingerprint density at radius 2 is 1.88 bits per heavy atom. The second kappa shape index (κ2) is 8.53. The van der Waals surface area contributed by atoms with Crippen molar-refractivity contribution in [1.82, 2.24) is 9.71 Å². The van der Waals surface area contributed by atoms with Crippen LogP contribution in [-0.2, 0) is 14.8 Å². The summed E-state index contributed by atoms with van der Waals surface area (Å²) in [4.78, 5) is 3.51. The molecule has 148 valence electrons. The van der Waals surface area contributed by atoms with Crippen LogP contribution in [0.1, 0.15) is 39.5 Å². The summed E-state index contributed by atoms with van der Waals surface area (Å²) in [5.74, 6) is -0.285. The Hall–Kier alpha value is -1.39. The first-order valence-electron chi connectivity index (χ1n) is 8.38. The van der Waals surface area contributed by atoms with Gasteiger partial charge in [-0.1, -0.05) is 0 Å². The summed E-state index contributed by atoms with van der Waals surface area (Å²) >= 11 is 0. The predicted octanol–water partition coefficient (Wildman–Crippen LogP) is 3.04. The number of hydrogen-bond acceptors (Lipinski definition) is 5. The molecule has 1 aliphatic rings. The molecule has 0 atom stereocenters. The molecule has 0 radical (unpaired) electrons. The third kappa shape index (κ3) is 6.73. The third-order valence-electron chi connectivity index (χ3n) is 3.86. The lowest BCUT2D eigenvalue weighted by atomic mass is 9.93. The monoisotopic (exact) mass is 396 g/mol. The molecule has 10 heteroatoms. The lowest BCUT2D eigenvalue weighted by Gasteiger charge is -2.30. The van der Waals surface area contributed by atoms with Gasteiger partial charge < -0.3 is 9.47 Å². The highest BCUT2D eigenvalue weighted by Gasteiger charge is 2.29. The Labute approximate surface area is 151 Å².